The van der Waals surface area contributed by atoms with E-state index in [2.05, 4.69) is 20.2 Å². The Morgan fingerprint density at radius 1 is 1.50 bits per heavy atom. The SMILES string of the molecule is Cc1nc(CC(=O)NC[C@]2(O)CCCN(c3ccccn3)C2)cs1. The lowest BCUT2D eigenvalue weighted by Crippen LogP contribution is -2.54. The minimum atomic E-state index is -0.927. The van der Waals surface area contributed by atoms with Gasteiger partial charge in [0, 0.05) is 31.2 Å². The summed E-state index contributed by atoms with van der Waals surface area (Å²) >= 11 is 1.54. The number of carbonyl (C=O) groups is 1. The first-order valence-electron chi connectivity index (χ1n) is 8.10. The Kier molecular flexibility index (Phi) is 5.11. The van der Waals surface area contributed by atoms with Gasteiger partial charge in [-0.25, -0.2) is 9.97 Å². The van der Waals surface area contributed by atoms with E-state index < -0.39 is 5.60 Å². The fraction of sp³-hybridized carbons (Fsp3) is 0.471. The maximum absolute atomic E-state index is 12.1. The van der Waals surface area contributed by atoms with E-state index in [9.17, 15) is 9.90 Å². The molecule has 1 fully saturated rings. The average Bonchev–Trinajstić information content (AvgIpc) is 2.99. The van der Waals surface area contributed by atoms with E-state index in [-0.39, 0.29) is 18.9 Å². The van der Waals surface area contributed by atoms with E-state index in [1.54, 1.807) is 6.20 Å². The summed E-state index contributed by atoms with van der Waals surface area (Å²) in [5, 5.41) is 16.5. The molecular weight excluding hydrogens is 324 g/mol. The summed E-state index contributed by atoms with van der Waals surface area (Å²) in [4.78, 5) is 22.8. The van der Waals surface area contributed by atoms with Crippen LogP contribution in [0.15, 0.2) is 29.8 Å². The van der Waals surface area contributed by atoms with E-state index in [0.29, 0.717) is 13.0 Å². The predicted molar refractivity (Wildman–Crippen MR) is 94.2 cm³/mol. The molecule has 1 atom stereocenters. The van der Waals surface area contributed by atoms with Crippen molar-refractivity contribution < 1.29 is 9.90 Å². The average molecular weight is 346 g/mol. The van der Waals surface area contributed by atoms with E-state index in [1.807, 2.05) is 30.5 Å². The molecule has 24 heavy (non-hydrogen) atoms. The summed E-state index contributed by atoms with van der Waals surface area (Å²) in [6.45, 7) is 3.51. The maximum atomic E-state index is 12.1. The lowest BCUT2D eigenvalue weighted by atomic mass is 9.92. The number of carbonyl (C=O) groups excluding carboxylic acids is 1. The molecule has 1 amide bonds. The van der Waals surface area contributed by atoms with Crippen LogP contribution < -0.4 is 10.2 Å². The van der Waals surface area contributed by atoms with Crippen molar-refractivity contribution in [1.29, 1.82) is 0 Å². The number of amides is 1. The van der Waals surface area contributed by atoms with Gasteiger partial charge in [-0.15, -0.1) is 11.3 Å². The first kappa shape index (κ1) is 16.9. The number of nitrogens with zero attached hydrogens (tertiary/aromatic N) is 3. The lowest BCUT2D eigenvalue weighted by molar-refractivity contribution is -0.121. The number of anilines is 1. The molecule has 2 N–H and O–H groups in total. The van der Waals surface area contributed by atoms with Gasteiger partial charge in [-0.2, -0.15) is 0 Å². The first-order valence-corrected chi connectivity index (χ1v) is 8.98. The number of hydrogen-bond acceptors (Lipinski definition) is 6. The summed E-state index contributed by atoms with van der Waals surface area (Å²) in [6, 6.07) is 5.75. The molecule has 0 radical (unpaired) electrons. The van der Waals surface area contributed by atoms with E-state index in [0.717, 1.165) is 29.5 Å². The molecule has 0 spiro atoms. The topological polar surface area (TPSA) is 78.3 Å². The van der Waals surface area contributed by atoms with Crippen LogP contribution >= 0.6 is 11.3 Å². The Balaban J connectivity index is 1.54. The largest absolute Gasteiger partial charge is 0.386 e. The van der Waals surface area contributed by atoms with Gasteiger partial charge in [-0.05, 0) is 31.9 Å². The molecule has 3 heterocycles. The minimum absolute atomic E-state index is 0.108. The second-order valence-electron chi connectivity index (χ2n) is 6.25. The third-order valence-corrected chi connectivity index (χ3v) is 4.97. The standard InChI is InChI=1S/C17H22N4O2S/c1-13-20-14(10-24-13)9-16(22)19-11-17(23)6-4-8-21(12-17)15-5-2-3-7-18-15/h2-3,5,7,10,23H,4,6,8-9,11-12H2,1H3,(H,19,22)/t17-/m1/s1. The van der Waals surface area contributed by atoms with Crippen molar-refractivity contribution in [1.82, 2.24) is 15.3 Å². The second kappa shape index (κ2) is 7.27. The maximum Gasteiger partial charge on any atom is 0.226 e. The number of aliphatic hydroxyl groups is 1. The monoisotopic (exact) mass is 346 g/mol. The lowest BCUT2D eigenvalue weighted by Gasteiger charge is -2.39. The molecule has 0 unspecified atom stereocenters. The van der Waals surface area contributed by atoms with Crippen LogP contribution in [0.2, 0.25) is 0 Å². The molecule has 0 aliphatic carbocycles. The summed E-state index contributed by atoms with van der Waals surface area (Å²) < 4.78 is 0. The molecule has 1 aliphatic heterocycles. The molecule has 0 saturated carbocycles. The Bertz CT molecular complexity index is 691. The predicted octanol–water partition coefficient (Wildman–Crippen LogP) is 1.54. The van der Waals surface area contributed by atoms with Gasteiger partial charge in [0.15, 0.2) is 0 Å². The summed E-state index contributed by atoms with van der Waals surface area (Å²) in [6.07, 6.45) is 3.55. The number of pyridine rings is 1. The fourth-order valence-electron chi connectivity index (χ4n) is 2.97. The molecule has 0 bridgehead atoms. The Hall–Kier alpha value is -1.99. The van der Waals surface area contributed by atoms with E-state index in [4.69, 9.17) is 0 Å². The number of β-amino-alcohol motifs (C(OH)–C–C–N with tert-alkyl or cyclic N) is 1. The fourth-order valence-corrected chi connectivity index (χ4v) is 3.59. The smallest absolute Gasteiger partial charge is 0.226 e. The molecule has 1 saturated heterocycles. The van der Waals surface area contributed by atoms with Gasteiger partial charge in [0.2, 0.25) is 5.91 Å². The zero-order chi connectivity index (χ0) is 17.0. The van der Waals surface area contributed by atoms with Crippen molar-refractivity contribution in [2.45, 2.75) is 31.8 Å². The van der Waals surface area contributed by atoms with Crippen molar-refractivity contribution in [3.05, 3.63) is 40.5 Å². The van der Waals surface area contributed by atoms with Crippen LogP contribution in [-0.2, 0) is 11.2 Å². The van der Waals surface area contributed by atoms with Crippen LogP contribution in [-0.4, -0.2) is 46.2 Å². The third kappa shape index (κ3) is 4.30. The zero-order valence-corrected chi connectivity index (χ0v) is 14.6. The number of aryl methyl sites for hydroxylation is 1. The van der Waals surface area contributed by atoms with Crippen molar-refractivity contribution in [3.63, 3.8) is 0 Å². The molecule has 6 nitrogen and oxygen atoms in total. The number of nitrogens with one attached hydrogen (secondary N) is 1. The van der Waals surface area contributed by atoms with Crippen LogP contribution in [0.5, 0.6) is 0 Å². The number of hydrogen-bond donors (Lipinski definition) is 2. The normalized spacial score (nSPS) is 20.8. The second-order valence-corrected chi connectivity index (χ2v) is 7.31. The van der Waals surface area contributed by atoms with Crippen LogP contribution in [0.1, 0.15) is 23.5 Å². The minimum Gasteiger partial charge on any atom is -0.386 e. The van der Waals surface area contributed by atoms with Gasteiger partial charge in [0.1, 0.15) is 5.82 Å². The van der Waals surface area contributed by atoms with Crippen molar-refractivity contribution in [3.8, 4) is 0 Å². The molecular formula is C17H22N4O2S. The number of aromatic nitrogens is 2. The van der Waals surface area contributed by atoms with Crippen LogP contribution in [0, 0.1) is 6.92 Å². The van der Waals surface area contributed by atoms with Gasteiger partial charge in [0.25, 0.3) is 0 Å². The zero-order valence-electron chi connectivity index (χ0n) is 13.7. The van der Waals surface area contributed by atoms with E-state index in [1.165, 1.54) is 11.3 Å². The highest BCUT2D eigenvalue weighted by molar-refractivity contribution is 7.09. The molecule has 7 heteroatoms. The summed E-state index contributed by atoms with van der Waals surface area (Å²) in [5.74, 6) is 0.753. The molecule has 0 aromatic carbocycles. The highest BCUT2D eigenvalue weighted by Gasteiger charge is 2.34. The van der Waals surface area contributed by atoms with Gasteiger partial charge in [-0.1, -0.05) is 6.07 Å². The Morgan fingerprint density at radius 3 is 3.08 bits per heavy atom. The highest BCUT2D eigenvalue weighted by Crippen LogP contribution is 2.24. The molecule has 128 valence electrons. The summed E-state index contributed by atoms with van der Waals surface area (Å²) in [7, 11) is 0. The van der Waals surface area contributed by atoms with Gasteiger partial charge in [-0.3, -0.25) is 4.79 Å². The quantitative estimate of drug-likeness (QED) is 0.859. The van der Waals surface area contributed by atoms with Crippen molar-refractivity contribution in [2.75, 3.05) is 24.5 Å². The molecule has 2 aromatic heterocycles. The Morgan fingerprint density at radius 2 is 2.38 bits per heavy atom. The molecule has 3 rings (SSSR count). The number of piperidine rings is 1. The van der Waals surface area contributed by atoms with E-state index >= 15 is 0 Å². The molecule has 1 aliphatic rings. The van der Waals surface area contributed by atoms with Crippen molar-refractivity contribution in [2.24, 2.45) is 0 Å². The van der Waals surface area contributed by atoms with Crippen molar-refractivity contribution >= 4 is 23.1 Å². The van der Waals surface area contributed by atoms with Gasteiger partial charge in [0.05, 0.1) is 22.7 Å². The third-order valence-electron chi connectivity index (χ3n) is 4.15. The Labute approximate surface area is 145 Å². The number of rotatable bonds is 5. The molecule has 2 aromatic rings. The van der Waals surface area contributed by atoms with Crippen LogP contribution in [0.4, 0.5) is 5.82 Å². The van der Waals surface area contributed by atoms with Gasteiger partial charge < -0.3 is 15.3 Å². The highest BCUT2D eigenvalue weighted by atomic mass is 32.1. The summed E-state index contributed by atoms with van der Waals surface area (Å²) in [5.41, 5.74) is -0.149. The van der Waals surface area contributed by atoms with Crippen LogP contribution in [0.3, 0.4) is 0 Å². The van der Waals surface area contributed by atoms with Gasteiger partial charge >= 0.3 is 0 Å². The van der Waals surface area contributed by atoms with Crippen LogP contribution in [0.25, 0.3) is 0 Å². The number of thiazole rings is 1. The first-order chi connectivity index (χ1) is 11.5.